The normalized spacial score (nSPS) is 17.6. The summed E-state index contributed by atoms with van der Waals surface area (Å²) in [6.07, 6.45) is 0.534. The summed E-state index contributed by atoms with van der Waals surface area (Å²) in [5, 5.41) is 32.2. The average Bonchev–Trinajstić information content (AvgIpc) is 3.00. The van der Waals surface area contributed by atoms with E-state index in [0.29, 0.717) is 24.3 Å². The monoisotopic (exact) mass is 440 g/mol. The van der Waals surface area contributed by atoms with Crippen LogP contribution in [0.2, 0.25) is 0 Å². The third kappa shape index (κ3) is 4.01. The molecular formula is C23H24N2O7. The number of rotatable bonds is 7. The van der Waals surface area contributed by atoms with Gasteiger partial charge in [0, 0.05) is 18.2 Å². The number of aryl methyl sites for hydroxylation is 1. The van der Waals surface area contributed by atoms with Crippen LogP contribution in [0.15, 0.2) is 42.0 Å². The predicted molar refractivity (Wildman–Crippen MR) is 116 cm³/mol. The molecule has 2 aromatic rings. The van der Waals surface area contributed by atoms with Crippen LogP contribution in [0.1, 0.15) is 43.0 Å². The molecule has 1 amide bonds. The number of nitro groups is 1. The SMILES string of the molecule is CCCN1C(=O)C(=O)/C(=C(\O)c2ccc(OCC)c(C)c2)C1c1ccc(O)c([N+](=O)[O-])c1. The Balaban J connectivity index is 2.21. The molecule has 0 spiro atoms. The highest BCUT2D eigenvalue weighted by Crippen LogP contribution is 2.42. The third-order valence-electron chi connectivity index (χ3n) is 5.26. The lowest BCUT2D eigenvalue weighted by atomic mass is 9.94. The smallest absolute Gasteiger partial charge is 0.311 e. The van der Waals surface area contributed by atoms with E-state index in [1.807, 2.05) is 13.8 Å². The van der Waals surface area contributed by atoms with Crippen LogP contribution in [0.25, 0.3) is 5.76 Å². The standard InChI is InChI=1S/C23H24N2O7/c1-4-10-24-20(14-6-8-17(26)16(12-14)25(30)31)19(22(28)23(24)29)21(27)15-7-9-18(32-5-2)13(3)11-15/h6-9,11-12,20,26-27H,4-5,10H2,1-3H3/b21-19-. The molecule has 9 heteroatoms. The van der Waals surface area contributed by atoms with Gasteiger partial charge in [0.1, 0.15) is 11.5 Å². The number of amides is 1. The second kappa shape index (κ2) is 9.09. The van der Waals surface area contributed by atoms with Gasteiger partial charge in [-0.25, -0.2) is 0 Å². The van der Waals surface area contributed by atoms with Crippen LogP contribution in [0.5, 0.6) is 11.5 Å². The molecule has 0 radical (unpaired) electrons. The Hall–Kier alpha value is -3.88. The predicted octanol–water partition coefficient (Wildman–Crippen LogP) is 3.84. The largest absolute Gasteiger partial charge is 0.507 e. The number of hydrogen-bond acceptors (Lipinski definition) is 7. The van der Waals surface area contributed by atoms with Crippen molar-refractivity contribution in [2.45, 2.75) is 33.2 Å². The zero-order valence-electron chi connectivity index (χ0n) is 18.0. The molecule has 1 unspecified atom stereocenters. The van der Waals surface area contributed by atoms with Crippen LogP contribution < -0.4 is 4.74 Å². The number of nitro benzene ring substituents is 1. The molecule has 32 heavy (non-hydrogen) atoms. The van der Waals surface area contributed by atoms with Gasteiger partial charge in [0.15, 0.2) is 5.75 Å². The highest BCUT2D eigenvalue weighted by molar-refractivity contribution is 6.46. The minimum atomic E-state index is -1.03. The topological polar surface area (TPSA) is 130 Å². The zero-order valence-corrected chi connectivity index (χ0v) is 18.0. The number of carbonyl (C=O) groups excluding carboxylic acids is 2. The molecular weight excluding hydrogens is 416 g/mol. The van der Waals surface area contributed by atoms with Crippen molar-refractivity contribution in [3.05, 3.63) is 68.8 Å². The number of likely N-dealkylation sites (tertiary alicyclic amines) is 1. The van der Waals surface area contributed by atoms with Crippen molar-refractivity contribution >= 4 is 23.1 Å². The fourth-order valence-corrected chi connectivity index (χ4v) is 3.82. The van der Waals surface area contributed by atoms with E-state index in [0.717, 1.165) is 17.7 Å². The summed E-state index contributed by atoms with van der Waals surface area (Å²) in [7, 11) is 0. The molecule has 1 aliphatic rings. The molecule has 1 aliphatic heterocycles. The summed E-state index contributed by atoms with van der Waals surface area (Å²) in [6, 6.07) is 7.52. The van der Waals surface area contributed by atoms with Crippen LogP contribution in [0.4, 0.5) is 5.69 Å². The minimum absolute atomic E-state index is 0.160. The molecule has 3 rings (SSSR count). The van der Waals surface area contributed by atoms with E-state index in [-0.39, 0.29) is 23.4 Å². The van der Waals surface area contributed by atoms with E-state index in [9.17, 15) is 29.9 Å². The van der Waals surface area contributed by atoms with Gasteiger partial charge in [0.05, 0.1) is 23.1 Å². The van der Waals surface area contributed by atoms with Gasteiger partial charge in [-0.3, -0.25) is 19.7 Å². The fraction of sp³-hybridized carbons (Fsp3) is 0.304. The number of aliphatic hydroxyl groups excluding tert-OH is 1. The fourth-order valence-electron chi connectivity index (χ4n) is 3.82. The Morgan fingerprint density at radius 1 is 1.19 bits per heavy atom. The lowest BCUT2D eigenvalue weighted by Crippen LogP contribution is -2.30. The molecule has 1 saturated heterocycles. The second-order valence-corrected chi connectivity index (χ2v) is 7.41. The van der Waals surface area contributed by atoms with E-state index in [1.165, 1.54) is 11.0 Å². The number of Topliss-reactive ketones (excluding diaryl/α,β-unsaturated/α-hetero) is 1. The van der Waals surface area contributed by atoms with E-state index < -0.39 is 34.1 Å². The average molecular weight is 440 g/mol. The summed E-state index contributed by atoms with van der Waals surface area (Å²) in [5.74, 6) is -1.96. The lowest BCUT2D eigenvalue weighted by Gasteiger charge is -2.24. The van der Waals surface area contributed by atoms with Gasteiger partial charge in [0.2, 0.25) is 0 Å². The molecule has 0 bridgehead atoms. The molecule has 1 fully saturated rings. The first-order chi connectivity index (χ1) is 15.2. The van der Waals surface area contributed by atoms with Crippen molar-refractivity contribution in [1.82, 2.24) is 4.90 Å². The number of carbonyl (C=O) groups is 2. The number of hydrogen-bond donors (Lipinski definition) is 2. The highest BCUT2D eigenvalue weighted by Gasteiger charge is 2.46. The Kier molecular flexibility index (Phi) is 6.47. The van der Waals surface area contributed by atoms with Gasteiger partial charge in [-0.2, -0.15) is 0 Å². The number of nitrogens with zero attached hydrogens (tertiary/aromatic N) is 2. The van der Waals surface area contributed by atoms with E-state index in [1.54, 1.807) is 25.1 Å². The van der Waals surface area contributed by atoms with Gasteiger partial charge in [-0.05, 0) is 55.7 Å². The van der Waals surface area contributed by atoms with Gasteiger partial charge in [0.25, 0.3) is 11.7 Å². The summed E-state index contributed by atoms with van der Waals surface area (Å²) in [4.78, 5) is 37.5. The first-order valence-corrected chi connectivity index (χ1v) is 10.2. The van der Waals surface area contributed by atoms with Crippen LogP contribution in [0, 0.1) is 17.0 Å². The number of phenolic OH excluding ortho intramolecular Hbond substituents is 1. The highest BCUT2D eigenvalue weighted by atomic mass is 16.6. The quantitative estimate of drug-likeness (QED) is 0.220. The number of ether oxygens (including phenoxy) is 1. The maximum Gasteiger partial charge on any atom is 0.311 e. The molecule has 0 aliphatic carbocycles. The van der Waals surface area contributed by atoms with Crippen molar-refractivity contribution in [2.75, 3.05) is 13.2 Å². The van der Waals surface area contributed by atoms with Crippen molar-refractivity contribution in [3.63, 3.8) is 0 Å². The van der Waals surface area contributed by atoms with Gasteiger partial charge < -0.3 is 19.8 Å². The molecule has 1 heterocycles. The molecule has 2 aromatic carbocycles. The van der Waals surface area contributed by atoms with Crippen LogP contribution in [-0.4, -0.2) is 44.9 Å². The summed E-state index contributed by atoms with van der Waals surface area (Å²) < 4.78 is 5.51. The Labute approximate surface area is 184 Å². The number of aromatic hydroxyl groups is 1. The number of ketones is 1. The zero-order chi connectivity index (χ0) is 23.6. The van der Waals surface area contributed by atoms with Crippen LogP contribution in [-0.2, 0) is 9.59 Å². The minimum Gasteiger partial charge on any atom is -0.507 e. The first-order valence-electron chi connectivity index (χ1n) is 10.2. The third-order valence-corrected chi connectivity index (χ3v) is 5.26. The maximum atomic E-state index is 12.9. The summed E-state index contributed by atoms with van der Waals surface area (Å²) in [6.45, 7) is 6.14. The van der Waals surface area contributed by atoms with Crippen molar-refractivity contribution in [2.24, 2.45) is 0 Å². The van der Waals surface area contributed by atoms with E-state index in [4.69, 9.17) is 4.74 Å². The molecule has 0 saturated carbocycles. The molecule has 9 nitrogen and oxygen atoms in total. The molecule has 2 N–H and O–H groups in total. The Morgan fingerprint density at radius 3 is 2.50 bits per heavy atom. The summed E-state index contributed by atoms with van der Waals surface area (Å²) in [5.41, 5.74) is 0.578. The van der Waals surface area contributed by atoms with Crippen molar-refractivity contribution in [1.29, 1.82) is 0 Å². The number of benzene rings is 2. The van der Waals surface area contributed by atoms with Crippen LogP contribution in [0.3, 0.4) is 0 Å². The van der Waals surface area contributed by atoms with Gasteiger partial charge >= 0.3 is 5.69 Å². The van der Waals surface area contributed by atoms with E-state index in [2.05, 4.69) is 0 Å². The molecule has 168 valence electrons. The molecule has 0 aromatic heterocycles. The maximum absolute atomic E-state index is 12.9. The number of aliphatic hydroxyl groups is 1. The van der Waals surface area contributed by atoms with Gasteiger partial charge in [-0.15, -0.1) is 0 Å². The second-order valence-electron chi connectivity index (χ2n) is 7.41. The first kappa shape index (κ1) is 22.8. The van der Waals surface area contributed by atoms with Crippen molar-refractivity contribution in [3.8, 4) is 11.5 Å². The Morgan fingerprint density at radius 2 is 1.91 bits per heavy atom. The van der Waals surface area contributed by atoms with Crippen LogP contribution >= 0.6 is 0 Å². The molecule has 1 atom stereocenters. The number of phenols is 1. The Bertz CT molecular complexity index is 1120. The lowest BCUT2D eigenvalue weighted by molar-refractivity contribution is -0.385. The van der Waals surface area contributed by atoms with Crippen molar-refractivity contribution < 1.29 is 29.5 Å². The summed E-state index contributed by atoms with van der Waals surface area (Å²) >= 11 is 0. The van der Waals surface area contributed by atoms with Gasteiger partial charge in [-0.1, -0.05) is 13.0 Å². The van der Waals surface area contributed by atoms with E-state index >= 15 is 0 Å².